The van der Waals surface area contributed by atoms with Gasteiger partial charge in [-0.15, -0.1) is 11.8 Å². The summed E-state index contributed by atoms with van der Waals surface area (Å²) in [6.07, 6.45) is 0. The van der Waals surface area contributed by atoms with E-state index in [1.54, 1.807) is 18.2 Å². The molecule has 33 heavy (non-hydrogen) atoms. The van der Waals surface area contributed by atoms with Gasteiger partial charge in [0.05, 0.1) is 17.8 Å². The summed E-state index contributed by atoms with van der Waals surface area (Å²) in [6.45, 7) is 1.77. The van der Waals surface area contributed by atoms with Gasteiger partial charge in [-0.2, -0.15) is 0 Å². The van der Waals surface area contributed by atoms with Crippen LogP contribution in [0.5, 0.6) is 0 Å². The number of aryl methyl sites for hydroxylation is 1. The van der Waals surface area contributed by atoms with Crippen LogP contribution < -0.4 is 4.90 Å². The second kappa shape index (κ2) is 7.95. The van der Waals surface area contributed by atoms with Gasteiger partial charge in [0.1, 0.15) is 17.5 Å². The number of carbonyl (C=O) groups is 2. The highest BCUT2D eigenvalue weighted by Crippen LogP contribution is 2.55. The molecule has 3 aromatic rings. The van der Waals surface area contributed by atoms with Gasteiger partial charge in [-0.3, -0.25) is 9.59 Å². The normalized spacial score (nSPS) is 19.5. The molecule has 168 valence electrons. The van der Waals surface area contributed by atoms with E-state index in [1.807, 2.05) is 13.0 Å². The monoisotopic (exact) mass is 468 g/mol. The zero-order valence-corrected chi connectivity index (χ0v) is 18.5. The van der Waals surface area contributed by atoms with Crippen LogP contribution in [0.25, 0.3) is 0 Å². The van der Waals surface area contributed by atoms with Crippen molar-refractivity contribution in [2.24, 2.45) is 0 Å². The van der Waals surface area contributed by atoms with E-state index in [1.165, 1.54) is 45.8 Å². The minimum Gasteiger partial charge on any atom is -0.311 e. The number of thioether (sulfide) groups is 1. The number of hydrogen-bond acceptors (Lipinski definition) is 3. The van der Waals surface area contributed by atoms with Gasteiger partial charge in [0.25, 0.3) is 11.8 Å². The van der Waals surface area contributed by atoms with Gasteiger partial charge < -0.3 is 9.80 Å². The molecule has 0 bridgehead atoms. The molecule has 0 radical (unpaired) electrons. The fraction of sp³-hybridized carbons (Fsp3) is 0.200. The molecule has 5 rings (SSSR count). The summed E-state index contributed by atoms with van der Waals surface area (Å²) >= 11 is 1.28. The van der Waals surface area contributed by atoms with Crippen molar-refractivity contribution in [3.63, 3.8) is 0 Å². The van der Waals surface area contributed by atoms with Crippen molar-refractivity contribution < 1.29 is 22.8 Å². The zero-order valence-electron chi connectivity index (χ0n) is 17.6. The third-order valence-corrected chi connectivity index (χ3v) is 7.50. The number of halogens is 3. The molecule has 0 saturated carbocycles. The van der Waals surface area contributed by atoms with E-state index in [0.29, 0.717) is 17.0 Å². The van der Waals surface area contributed by atoms with E-state index in [4.69, 9.17) is 0 Å². The number of fused-ring (bicyclic) bond motifs is 2. The largest absolute Gasteiger partial charge is 0.311 e. The Morgan fingerprint density at radius 3 is 2.42 bits per heavy atom. The lowest BCUT2D eigenvalue weighted by molar-refractivity contribution is -0.123. The minimum atomic E-state index is -1.43. The second-order valence-corrected chi connectivity index (χ2v) is 9.33. The van der Waals surface area contributed by atoms with Crippen molar-refractivity contribution in [1.82, 2.24) is 4.90 Å². The molecule has 4 nitrogen and oxygen atoms in total. The molecule has 8 heteroatoms. The number of hydrogen-bond donors (Lipinski definition) is 0. The average molecular weight is 469 g/mol. The average Bonchev–Trinajstić information content (AvgIpc) is 3.33. The lowest BCUT2D eigenvalue weighted by atomic mass is 10.0. The molecule has 1 atom stereocenters. The highest BCUT2D eigenvalue weighted by atomic mass is 32.2. The van der Waals surface area contributed by atoms with Gasteiger partial charge >= 0.3 is 0 Å². The van der Waals surface area contributed by atoms with E-state index < -0.39 is 34.1 Å². The minimum absolute atomic E-state index is 0.125. The maximum Gasteiger partial charge on any atom is 0.268 e. The number of carbonyl (C=O) groups excluding carboxylic acids is 2. The van der Waals surface area contributed by atoms with Crippen LogP contribution in [-0.4, -0.2) is 29.0 Å². The van der Waals surface area contributed by atoms with Gasteiger partial charge in [0.15, 0.2) is 4.87 Å². The standard InChI is InChI=1S/C25H19F3N2O2S/c1-15-9-10-22-18(13-15)25(24(32)29(22)14-17-20(27)7-4-8-21(17)28)30(11-12-33-25)23(31)16-5-2-3-6-19(16)26/h2-10,13H,11-12,14H2,1H3/t25-/m0/s1. The van der Waals surface area contributed by atoms with Crippen LogP contribution in [0.3, 0.4) is 0 Å². The summed E-state index contributed by atoms with van der Waals surface area (Å²) < 4.78 is 43.3. The highest BCUT2D eigenvalue weighted by Gasteiger charge is 2.59. The van der Waals surface area contributed by atoms with E-state index in [2.05, 4.69) is 0 Å². The third kappa shape index (κ3) is 3.23. The number of amides is 2. The van der Waals surface area contributed by atoms with Gasteiger partial charge in [0.2, 0.25) is 0 Å². The molecule has 1 saturated heterocycles. The Morgan fingerprint density at radius 1 is 1.00 bits per heavy atom. The van der Waals surface area contributed by atoms with Crippen LogP contribution in [-0.2, 0) is 16.2 Å². The first kappa shape index (κ1) is 21.6. The summed E-state index contributed by atoms with van der Waals surface area (Å²) in [5.74, 6) is -2.79. The molecular weight excluding hydrogens is 449 g/mol. The number of benzene rings is 3. The van der Waals surface area contributed by atoms with Gasteiger partial charge in [-0.25, -0.2) is 13.2 Å². The molecule has 0 unspecified atom stereocenters. The van der Waals surface area contributed by atoms with Crippen molar-refractivity contribution in [3.8, 4) is 0 Å². The quantitative estimate of drug-likeness (QED) is 0.543. The molecule has 2 heterocycles. The van der Waals surface area contributed by atoms with E-state index in [0.717, 1.165) is 17.7 Å². The van der Waals surface area contributed by atoms with Crippen molar-refractivity contribution in [1.29, 1.82) is 0 Å². The SMILES string of the molecule is Cc1ccc2c(c1)[C@]1(SCCN1C(=O)c1ccccc1F)C(=O)N2Cc1c(F)cccc1F. The number of anilines is 1. The van der Waals surface area contributed by atoms with Crippen molar-refractivity contribution in [2.45, 2.75) is 18.3 Å². The van der Waals surface area contributed by atoms with Crippen molar-refractivity contribution >= 4 is 29.3 Å². The molecule has 1 fully saturated rings. The summed E-state index contributed by atoms with van der Waals surface area (Å²) in [4.78, 5) is 28.6. The van der Waals surface area contributed by atoms with Crippen LogP contribution in [0.4, 0.5) is 18.9 Å². The van der Waals surface area contributed by atoms with Crippen molar-refractivity contribution in [2.75, 3.05) is 17.2 Å². The van der Waals surface area contributed by atoms with Crippen molar-refractivity contribution in [3.05, 3.63) is 100 Å². The van der Waals surface area contributed by atoms with Gasteiger partial charge in [0, 0.05) is 23.4 Å². The number of rotatable bonds is 3. The molecule has 0 N–H and O–H groups in total. The highest BCUT2D eigenvalue weighted by molar-refractivity contribution is 8.01. The molecule has 0 aliphatic carbocycles. The Bertz CT molecular complexity index is 1280. The lowest BCUT2D eigenvalue weighted by Crippen LogP contribution is -2.50. The van der Waals surface area contributed by atoms with Gasteiger partial charge in [-0.1, -0.05) is 35.9 Å². The molecule has 2 amide bonds. The van der Waals surface area contributed by atoms with Crippen LogP contribution in [0.1, 0.15) is 27.0 Å². The smallest absolute Gasteiger partial charge is 0.268 e. The lowest BCUT2D eigenvalue weighted by Gasteiger charge is -2.33. The predicted octanol–water partition coefficient (Wildman–Crippen LogP) is 5.00. The zero-order chi connectivity index (χ0) is 23.3. The summed E-state index contributed by atoms with van der Waals surface area (Å²) in [5, 5.41) is 0. The van der Waals surface area contributed by atoms with Gasteiger partial charge in [-0.05, 0) is 37.3 Å². The van der Waals surface area contributed by atoms with Crippen LogP contribution >= 0.6 is 11.8 Å². The maximum absolute atomic E-state index is 14.4. The first-order chi connectivity index (χ1) is 15.8. The van der Waals surface area contributed by atoms with E-state index >= 15 is 0 Å². The third-order valence-electron chi connectivity index (χ3n) is 6.08. The molecule has 3 aromatic carbocycles. The Morgan fingerprint density at radius 2 is 1.70 bits per heavy atom. The van der Waals surface area contributed by atoms with Crippen LogP contribution in [0, 0.1) is 24.4 Å². The first-order valence-electron chi connectivity index (χ1n) is 10.4. The molecule has 1 spiro atoms. The second-order valence-electron chi connectivity index (χ2n) is 8.04. The Balaban J connectivity index is 1.63. The molecular formula is C25H19F3N2O2S. The molecule has 2 aliphatic heterocycles. The summed E-state index contributed by atoms with van der Waals surface area (Å²) in [7, 11) is 0. The summed E-state index contributed by atoms with van der Waals surface area (Å²) in [5.41, 5.74) is 1.56. The van der Waals surface area contributed by atoms with Crippen LogP contribution in [0.2, 0.25) is 0 Å². The first-order valence-corrected chi connectivity index (χ1v) is 11.4. The molecule has 0 aromatic heterocycles. The predicted molar refractivity (Wildman–Crippen MR) is 120 cm³/mol. The Kier molecular flexibility index (Phi) is 5.20. The van der Waals surface area contributed by atoms with Crippen LogP contribution in [0.15, 0.2) is 60.7 Å². The maximum atomic E-state index is 14.4. The number of nitrogens with zero attached hydrogens (tertiary/aromatic N) is 2. The summed E-state index contributed by atoms with van der Waals surface area (Å²) in [6, 6.07) is 14.5. The fourth-order valence-electron chi connectivity index (χ4n) is 4.51. The Hall–Kier alpha value is -3.26. The van der Waals surface area contributed by atoms with E-state index in [9.17, 15) is 22.8 Å². The van der Waals surface area contributed by atoms with E-state index in [-0.39, 0.29) is 24.2 Å². The molecule has 2 aliphatic rings. The topological polar surface area (TPSA) is 40.6 Å². The Labute approximate surface area is 193 Å². The fourth-order valence-corrected chi connectivity index (χ4v) is 5.96.